The van der Waals surface area contributed by atoms with Crippen LogP contribution in [0.4, 0.5) is 35.1 Å². The number of nitrogens with zero attached hydrogens (tertiary/aromatic N) is 4. The van der Waals surface area contributed by atoms with Gasteiger partial charge >= 0.3 is 0 Å². The lowest BCUT2D eigenvalue weighted by atomic mass is 9.85. The van der Waals surface area contributed by atoms with Crippen molar-refractivity contribution in [1.82, 2.24) is 19.5 Å². The summed E-state index contributed by atoms with van der Waals surface area (Å²) in [4.78, 5) is 25.1. The number of anilines is 3. The quantitative estimate of drug-likeness (QED) is 0.346. The lowest BCUT2D eigenvalue weighted by Crippen LogP contribution is -2.32. The van der Waals surface area contributed by atoms with Crippen LogP contribution in [0.25, 0.3) is 11.2 Å². The summed E-state index contributed by atoms with van der Waals surface area (Å²) in [5, 5.41) is 5.87. The third kappa shape index (κ3) is 5.43. The van der Waals surface area contributed by atoms with Crippen LogP contribution >= 0.6 is 11.6 Å². The van der Waals surface area contributed by atoms with Crippen molar-refractivity contribution in [3.63, 3.8) is 0 Å². The molecule has 198 valence electrons. The Morgan fingerprint density at radius 3 is 2.43 bits per heavy atom. The first-order valence-corrected chi connectivity index (χ1v) is 12.6. The molecule has 2 saturated carbocycles. The largest absolute Gasteiger partial charge is 0.369 e. The molecular formula is C24H26ClF4N7O. The molecule has 0 bridgehead atoms. The van der Waals surface area contributed by atoms with Gasteiger partial charge in [0.15, 0.2) is 11.5 Å². The number of nitrogens with one attached hydrogen (secondary N) is 2. The van der Waals surface area contributed by atoms with Gasteiger partial charge < -0.3 is 16.4 Å². The van der Waals surface area contributed by atoms with E-state index in [1.807, 2.05) is 0 Å². The van der Waals surface area contributed by atoms with Crippen molar-refractivity contribution in [2.24, 2.45) is 11.7 Å². The van der Waals surface area contributed by atoms with Gasteiger partial charge in [-0.1, -0.05) is 11.6 Å². The molecular weight excluding hydrogens is 514 g/mol. The fourth-order valence-corrected chi connectivity index (χ4v) is 5.40. The van der Waals surface area contributed by atoms with Crippen LogP contribution in [0.15, 0.2) is 18.3 Å². The molecule has 0 spiro atoms. The van der Waals surface area contributed by atoms with Crippen molar-refractivity contribution in [3.8, 4) is 0 Å². The molecule has 2 aromatic heterocycles. The molecule has 0 atom stereocenters. The molecule has 4 N–H and O–H groups in total. The molecule has 0 unspecified atom stereocenters. The topological polar surface area (TPSA) is 111 Å². The van der Waals surface area contributed by atoms with E-state index >= 15 is 0 Å². The lowest BCUT2D eigenvalue weighted by Gasteiger charge is -2.29. The van der Waals surface area contributed by atoms with Crippen molar-refractivity contribution in [3.05, 3.63) is 35.0 Å². The molecule has 37 heavy (non-hydrogen) atoms. The van der Waals surface area contributed by atoms with E-state index in [0.717, 1.165) is 12.1 Å². The Hall–Kier alpha value is -3.15. The lowest BCUT2D eigenvalue weighted by molar-refractivity contribution is -0.122. The van der Waals surface area contributed by atoms with Gasteiger partial charge in [0.25, 0.3) is 0 Å². The van der Waals surface area contributed by atoms with E-state index in [2.05, 4.69) is 25.6 Å². The fraction of sp³-hybridized carbons (Fsp3) is 0.500. The van der Waals surface area contributed by atoms with Crippen molar-refractivity contribution >= 4 is 46.3 Å². The minimum Gasteiger partial charge on any atom is -0.369 e. The highest BCUT2D eigenvalue weighted by molar-refractivity contribution is 6.33. The Balaban J connectivity index is 1.49. The van der Waals surface area contributed by atoms with E-state index in [-0.39, 0.29) is 59.4 Å². The maximum absolute atomic E-state index is 14.6. The molecule has 2 aliphatic rings. The molecule has 1 amide bonds. The average molecular weight is 540 g/mol. The zero-order chi connectivity index (χ0) is 26.3. The number of nitrogens with two attached hydrogens (primary N) is 1. The first-order valence-electron chi connectivity index (χ1n) is 12.2. The summed E-state index contributed by atoms with van der Waals surface area (Å²) in [7, 11) is 0. The summed E-state index contributed by atoms with van der Waals surface area (Å²) in [5.74, 6) is -4.43. The molecule has 8 nitrogen and oxygen atoms in total. The summed E-state index contributed by atoms with van der Waals surface area (Å²) in [6.07, 6.45) is 4.00. The highest BCUT2D eigenvalue weighted by atomic mass is 35.5. The number of primary amides is 1. The van der Waals surface area contributed by atoms with E-state index < -0.39 is 17.6 Å². The Kier molecular flexibility index (Phi) is 6.86. The smallest absolute Gasteiger partial charge is 0.248 e. The third-order valence-electron chi connectivity index (χ3n) is 7.19. The summed E-state index contributed by atoms with van der Waals surface area (Å²) < 4.78 is 57.1. The number of fused-ring (bicyclic) bond motifs is 1. The van der Waals surface area contributed by atoms with E-state index in [1.165, 1.54) is 6.20 Å². The number of carbonyl (C=O) groups is 1. The van der Waals surface area contributed by atoms with Crippen molar-refractivity contribution in [1.29, 1.82) is 0 Å². The van der Waals surface area contributed by atoms with Crippen LogP contribution in [0.1, 0.15) is 57.4 Å². The van der Waals surface area contributed by atoms with Crippen LogP contribution in [-0.2, 0) is 4.79 Å². The number of alkyl halides is 2. The number of carbonyl (C=O) groups excluding carboxylic acids is 1. The number of imidazole rings is 1. The molecule has 2 fully saturated rings. The van der Waals surface area contributed by atoms with Crippen LogP contribution in [-0.4, -0.2) is 37.4 Å². The highest BCUT2D eigenvalue weighted by Gasteiger charge is 2.35. The molecule has 13 heteroatoms. The summed E-state index contributed by atoms with van der Waals surface area (Å²) >= 11 is 6.11. The van der Waals surface area contributed by atoms with Crippen LogP contribution in [0.2, 0.25) is 5.02 Å². The van der Waals surface area contributed by atoms with E-state index in [4.69, 9.17) is 17.3 Å². The van der Waals surface area contributed by atoms with Gasteiger partial charge in [-0.15, -0.1) is 0 Å². The van der Waals surface area contributed by atoms with Gasteiger partial charge in [-0.25, -0.2) is 27.5 Å². The van der Waals surface area contributed by atoms with E-state index in [1.54, 1.807) is 4.57 Å². The maximum atomic E-state index is 14.6. The number of amides is 1. The number of halogens is 5. The van der Waals surface area contributed by atoms with Gasteiger partial charge in [0.1, 0.15) is 11.3 Å². The van der Waals surface area contributed by atoms with Gasteiger partial charge in [-0.3, -0.25) is 9.36 Å². The molecule has 1 aromatic carbocycles. The zero-order valence-corrected chi connectivity index (χ0v) is 20.5. The van der Waals surface area contributed by atoms with Crippen LogP contribution < -0.4 is 16.4 Å². The molecule has 2 heterocycles. The summed E-state index contributed by atoms with van der Waals surface area (Å²) in [6.45, 7) is 0. The second kappa shape index (κ2) is 9.96. The molecule has 2 aliphatic carbocycles. The number of hydrogen-bond donors (Lipinski definition) is 3. The number of benzene rings is 1. The third-order valence-corrected chi connectivity index (χ3v) is 7.49. The molecule has 3 aromatic rings. The van der Waals surface area contributed by atoms with Crippen LogP contribution in [0, 0.1) is 17.6 Å². The Labute approximate surface area is 215 Å². The first-order chi connectivity index (χ1) is 17.6. The van der Waals surface area contributed by atoms with Gasteiger partial charge in [0.2, 0.25) is 23.7 Å². The normalized spacial score (nSPS) is 22.2. The standard InChI is InChI=1S/C24H26ClF4N7O/c25-16-9-13(26)10-17(27)19(16)34-23-33-18-11-31-22(32-14-5-7-24(28,29)8-6-14)35-21(18)36(23)15-3-1-12(2-4-15)20(30)37/h9-12,14-15H,1-8H2,(H2,30,37)(H,33,34)(H,31,32,35)/t12-,15-. The second-order valence-corrected chi connectivity index (χ2v) is 10.2. The number of hydrogen-bond acceptors (Lipinski definition) is 6. The van der Waals surface area contributed by atoms with Gasteiger partial charge in [0, 0.05) is 36.9 Å². The van der Waals surface area contributed by atoms with Gasteiger partial charge in [0.05, 0.1) is 16.9 Å². The molecule has 0 aliphatic heterocycles. The molecule has 0 saturated heterocycles. The summed E-state index contributed by atoms with van der Waals surface area (Å²) in [5.41, 5.74) is 6.21. The van der Waals surface area contributed by atoms with Crippen LogP contribution in [0.5, 0.6) is 0 Å². The van der Waals surface area contributed by atoms with Gasteiger partial charge in [-0.2, -0.15) is 4.98 Å². The minimum absolute atomic E-state index is 0.139. The predicted molar refractivity (Wildman–Crippen MR) is 131 cm³/mol. The molecule has 0 radical (unpaired) electrons. The highest BCUT2D eigenvalue weighted by Crippen LogP contribution is 2.39. The average Bonchev–Trinajstić information content (AvgIpc) is 3.20. The SMILES string of the molecule is NC(=O)[C@H]1CC[C@H](n2c(Nc3c(F)cc(F)cc3Cl)nc3cnc(NC4CCC(F)(F)CC4)nc32)CC1. The fourth-order valence-electron chi connectivity index (χ4n) is 5.15. The maximum Gasteiger partial charge on any atom is 0.248 e. The van der Waals surface area contributed by atoms with Crippen molar-refractivity contribution in [2.45, 2.75) is 69.4 Å². The Morgan fingerprint density at radius 1 is 1.08 bits per heavy atom. The van der Waals surface area contributed by atoms with E-state index in [9.17, 15) is 22.4 Å². The second-order valence-electron chi connectivity index (χ2n) is 9.76. The Morgan fingerprint density at radius 2 is 1.78 bits per heavy atom. The number of rotatable bonds is 6. The van der Waals surface area contributed by atoms with Crippen molar-refractivity contribution in [2.75, 3.05) is 10.6 Å². The Bertz CT molecular complexity index is 1290. The van der Waals surface area contributed by atoms with E-state index in [0.29, 0.717) is 49.7 Å². The van der Waals surface area contributed by atoms with Crippen molar-refractivity contribution < 1.29 is 22.4 Å². The zero-order valence-electron chi connectivity index (χ0n) is 19.8. The first kappa shape index (κ1) is 25.5. The van der Waals surface area contributed by atoms with Crippen LogP contribution in [0.3, 0.4) is 0 Å². The number of aromatic nitrogens is 4. The monoisotopic (exact) mass is 539 g/mol. The summed E-state index contributed by atoms with van der Waals surface area (Å²) in [6, 6.07) is 1.37. The predicted octanol–water partition coefficient (Wildman–Crippen LogP) is 5.71. The minimum atomic E-state index is -2.65. The molecule has 5 rings (SSSR count). The van der Waals surface area contributed by atoms with Gasteiger partial charge in [-0.05, 0) is 44.6 Å².